The molecule has 2 aromatic carbocycles. The van der Waals surface area contributed by atoms with Gasteiger partial charge in [-0.25, -0.2) is 0 Å². The highest BCUT2D eigenvalue weighted by atomic mass is 32.2. The van der Waals surface area contributed by atoms with Crippen LogP contribution in [0.25, 0.3) is 11.1 Å². The van der Waals surface area contributed by atoms with Gasteiger partial charge in [0.05, 0.1) is 6.54 Å². The summed E-state index contributed by atoms with van der Waals surface area (Å²) in [5, 5.41) is 5.14. The van der Waals surface area contributed by atoms with Crippen LogP contribution in [-0.4, -0.2) is 17.0 Å². The molecular weight excluding hydrogens is 276 g/mol. The van der Waals surface area contributed by atoms with Gasteiger partial charge in [0.25, 0.3) is 0 Å². The number of thioether (sulfide) groups is 1. The van der Waals surface area contributed by atoms with Crippen molar-refractivity contribution in [2.24, 2.45) is 10.9 Å². The van der Waals surface area contributed by atoms with Gasteiger partial charge in [-0.05, 0) is 17.5 Å². The first-order chi connectivity index (χ1) is 10.2. The molecule has 108 valence electrons. The molecule has 3 heteroatoms. The summed E-state index contributed by atoms with van der Waals surface area (Å²) in [4.78, 5) is 4.64. The zero-order chi connectivity index (χ0) is 14.7. The van der Waals surface area contributed by atoms with Crippen molar-refractivity contribution in [1.82, 2.24) is 0 Å². The van der Waals surface area contributed by atoms with Gasteiger partial charge in [0.15, 0.2) is 5.17 Å². The van der Waals surface area contributed by atoms with Crippen molar-refractivity contribution in [2.75, 3.05) is 11.9 Å². The van der Waals surface area contributed by atoms with Crippen LogP contribution < -0.4 is 5.32 Å². The van der Waals surface area contributed by atoms with E-state index in [2.05, 4.69) is 72.7 Å². The maximum absolute atomic E-state index is 4.64. The maximum atomic E-state index is 4.64. The number of hydrogen-bond acceptors (Lipinski definition) is 3. The Hall–Kier alpha value is -1.74. The third-order valence-corrected chi connectivity index (χ3v) is 5.13. The lowest BCUT2D eigenvalue weighted by Gasteiger charge is -2.14. The normalized spacial score (nSPS) is 17.9. The Bertz CT molecular complexity index is 635. The smallest absolute Gasteiger partial charge is 0.161 e. The van der Waals surface area contributed by atoms with Gasteiger partial charge in [0, 0.05) is 16.5 Å². The fraction of sp³-hybridized carbons (Fsp3) is 0.278. The number of para-hydroxylation sites is 1. The molecule has 0 fully saturated rings. The second-order valence-electron chi connectivity index (χ2n) is 5.58. The van der Waals surface area contributed by atoms with Crippen molar-refractivity contribution < 1.29 is 0 Å². The van der Waals surface area contributed by atoms with Crippen LogP contribution in [0.1, 0.15) is 13.8 Å². The number of amidine groups is 1. The van der Waals surface area contributed by atoms with E-state index in [-0.39, 0.29) is 0 Å². The van der Waals surface area contributed by atoms with E-state index in [0.29, 0.717) is 11.2 Å². The number of nitrogens with zero attached hydrogens (tertiary/aromatic N) is 1. The molecule has 3 rings (SSSR count). The van der Waals surface area contributed by atoms with E-state index in [1.807, 2.05) is 17.8 Å². The summed E-state index contributed by atoms with van der Waals surface area (Å²) in [7, 11) is 0. The molecule has 2 aromatic rings. The summed E-state index contributed by atoms with van der Waals surface area (Å²) in [5.74, 6) is 0.655. The molecule has 1 unspecified atom stereocenters. The van der Waals surface area contributed by atoms with Crippen LogP contribution in [0.4, 0.5) is 5.69 Å². The monoisotopic (exact) mass is 296 g/mol. The SMILES string of the molecule is CC(C)C1CN=C(Nc2ccccc2-c2ccccc2)S1. The number of hydrogen-bond donors (Lipinski definition) is 1. The standard InChI is InChI=1S/C18H20N2S/c1-13(2)17-12-19-18(21-17)20-16-11-7-6-10-15(16)14-8-4-3-5-9-14/h3-11,13,17H,12H2,1-2H3,(H,19,20). The average Bonchev–Trinajstić information content (AvgIpc) is 2.98. The van der Waals surface area contributed by atoms with Crippen molar-refractivity contribution in [3.8, 4) is 11.1 Å². The molecule has 1 N–H and O–H groups in total. The minimum Gasteiger partial charge on any atom is -0.334 e. The van der Waals surface area contributed by atoms with Gasteiger partial charge in [0.1, 0.15) is 0 Å². The molecule has 0 saturated carbocycles. The van der Waals surface area contributed by atoms with E-state index in [9.17, 15) is 0 Å². The minimum atomic E-state index is 0.594. The first-order valence-electron chi connectivity index (χ1n) is 7.36. The number of aliphatic imine (C=N–C) groups is 1. The van der Waals surface area contributed by atoms with E-state index in [1.165, 1.54) is 11.1 Å². The molecule has 2 nitrogen and oxygen atoms in total. The lowest BCUT2D eigenvalue weighted by molar-refractivity contribution is 0.621. The molecule has 1 atom stereocenters. The lowest BCUT2D eigenvalue weighted by atomic mass is 10.0. The molecule has 0 aliphatic carbocycles. The van der Waals surface area contributed by atoms with Crippen molar-refractivity contribution in [3.63, 3.8) is 0 Å². The van der Waals surface area contributed by atoms with Gasteiger partial charge in [0.2, 0.25) is 0 Å². The quantitative estimate of drug-likeness (QED) is 0.871. The highest BCUT2D eigenvalue weighted by molar-refractivity contribution is 8.15. The van der Waals surface area contributed by atoms with E-state index >= 15 is 0 Å². The van der Waals surface area contributed by atoms with Gasteiger partial charge >= 0.3 is 0 Å². The topological polar surface area (TPSA) is 24.4 Å². The fourth-order valence-corrected chi connectivity index (χ4v) is 3.41. The molecular formula is C18H20N2S. The predicted octanol–water partition coefficient (Wildman–Crippen LogP) is 4.89. The Morgan fingerprint density at radius 1 is 1.05 bits per heavy atom. The summed E-state index contributed by atoms with van der Waals surface area (Å²) in [6.45, 7) is 5.43. The third-order valence-electron chi connectivity index (χ3n) is 3.67. The molecule has 0 bridgehead atoms. The van der Waals surface area contributed by atoms with E-state index in [4.69, 9.17) is 0 Å². The van der Waals surface area contributed by atoms with Gasteiger partial charge < -0.3 is 5.32 Å². The minimum absolute atomic E-state index is 0.594. The molecule has 0 radical (unpaired) electrons. The fourth-order valence-electron chi connectivity index (χ4n) is 2.38. The van der Waals surface area contributed by atoms with Crippen molar-refractivity contribution in [3.05, 3.63) is 54.6 Å². The largest absolute Gasteiger partial charge is 0.334 e. The predicted molar refractivity (Wildman–Crippen MR) is 94.0 cm³/mol. The van der Waals surface area contributed by atoms with Crippen LogP contribution in [0.2, 0.25) is 0 Å². The van der Waals surface area contributed by atoms with Crippen molar-refractivity contribution in [1.29, 1.82) is 0 Å². The summed E-state index contributed by atoms with van der Waals surface area (Å²) in [6.07, 6.45) is 0. The highest BCUT2D eigenvalue weighted by Crippen LogP contribution is 2.32. The Kier molecular flexibility index (Phi) is 4.30. The molecule has 0 spiro atoms. The lowest BCUT2D eigenvalue weighted by Crippen LogP contribution is -2.13. The molecule has 1 aliphatic heterocycles. The second-order valence-corrected chi connectivity index (χ2v) is 6.81. The van der Waals surface area contributed by atoms with Gasteiger partial charge in [-0.2, -0.15) is 0 Å². The Morgan fingerprint density at radius 3 is 2.48 bits per heavy atom. The molecule has 1 aliphatic rings. The second kappa shape index (κ2) is 6.35. The van der Waals surface area contributed by atoms with Gasteiger partial charge in [-0.1, -0.05) is 74.1 Å². The molecule has 0 saturated heterocycles. The van der Waals surface area contributed by atoms with Crippen LogP contribution in [0.5, 0.6) is 0 Å². The number of nitrogens with one attached hydrogen (secondary N) is 1. The van der Waals surface area contributed by atoms with Gasteiger partial charge in [-0.15, -0.1) is 0 Å². The summed E-state index contributed by atoms with van der Waals surface area (Å²) in [6, 6.07) is 18.9. The molecule has 21 heavy (non-hydrogen) atoms. The van der Waals surface area contributed by atoms with E-state index in [1.54, 1.807) is 0 Å². The van der Waals surface area contributed by atoms with E-state index in [0.717, 1.165) is 17.4 Å². The van der Waals surface area contributed by atoms with Crippen LogP contribution >= 0.6 is 11.8 Å². The zero-order valence-corrected chi connectivity index (χ0v) is 13.2. The van der Waals surface area contributed by atoms with Crippen LogP contribution in [0.3, 0.4) is 0 Å². The average molecular weight is 296 g/mol. The molecule has 1 heterocycles. The van der Waals surface area contributed by atoms with Crippen molar-refractivity contribution in [2.45, 2.75) is 19.1 Å². The van der Waals surface area contributed by atoms with Crippen LogP contribution in [0, 0.1) is 5.92 Å². The van der Waals surface area contributed by atoms with Gasteiger partial charge in [-0.3, -0.25) is 4.99 Å². The zero-order valence-electron chi connectivity index (χ0n) is 12.4. The summed E-state index contributed by atoms with van der Waals surface area (Å²) < 4.78 is 0. The van der Waals surface area contributed by atoms with Crippen LogP contribution in [-0.2, 0) is 0 Å². The van der Waals surface area contributed by atoms with Crippen molar-refractivity contribution >= 4 is 22.6 Å². The first-order valence-corrected chi connectivity index (χ1v) is 8.24. The number of anilines is 1. The summed E-state index contributed by atoms with van der Waals surface area (Å²) >= 11 is 1.86. The highest BCUT2D eigenvalue weighted by Gasteiger charge is 2.22. The molecule has 0 amide bonds. The summed E-state index contributed by atoms with van der Waals surface area (Å²) in [5.41, 5.74) is 3.57. The Morgan fingerprint density at radius 2 is 1.76 bits per heavy atom. The Balaban J connectivity index is 1.81. The van der Waals surface area contributed by atoms with E-state index < -0.39 is 0 Å². The molecule has 0 aromatic heterocycles. The third kappa shape index (κ3) is 3.30. The first kappa shape index (κ1) is 14.2. The Labute approximate surface area is 130 Å². The number of rotatable bonds is 3. The number of benzene rings is 2. The van der Waals surface area contributed by atoms with Crippen LogP contribution in [0.15, 0.2) is 59.6 Å². The maximum Gasteiger partial charge on any atom is 0.161 e.